The lowest BCUT2D eigenvalue weighted by atomic mass is 10.3. The third-order valence-corrected chi connectivity index (χ3v) is 5.55. The van der Waals surface area contributed by atoms with Crippen LogP contribution in [0.3, 0.4) is 0 Å². The van der Waals surface area contributed by atoms with Crippen LogP contribution in [0.25, 0.3) is 10.2 Å². The van der Waals surface area contributed by atoms with Crippen molar-refractivity contribution in [2.24, 2.45) is 0 Å². The predicted molar refractivity (Wildman–Crippen MR) is 103 cm³/mol. The molecule has 0 saturated carbocycles. The van der Waals surface area contributed by atoms with Crippen molar-refractivity contribution in [1.29, 1.82) is 0 Å². The van der Waals surface area contributed by atoms with Gasteiger partial charge in [0.25, 0.3) is 5.91 Å². The summed E-state index contributed by atoms with van der Waals surface area (Å²) in [5.74, 6) is -0.950. The average Bonchev–Trinajstić information content (AvgIpc) is 3.08. The number of carbonyl (C=O) groups excluding carboxylic acids is 2. The molecule has 27 heavy (non-hydrogen) atoms. The van der Waals surface area contributed by atoms with E-state index in [4.69, 9.17) is 4.74 Å². The van der Waals surface area contributed by atoms with E-state index in [1.54, 1.807) is 17.4 Å². The molecule has 3 aromatic rings. The van der Waals surface area contributed by atoms with Gasteiger partial charge >= 0.3 is 0 Å². The molecule has 0 aliphatic rings. The van der Waals surface area contributed by atoms with Crippen LogP contribution < -0.4 is 15.6 Å². The van der Waals surface area contributed by atoms with Crippen LogP contribution in [0.4, 0.5) is 4.39 Å². The topological polar surface area (TPSA) is 80.3 Å². The number of benzene rings is 2. The number of hydrazine groups is 1. The van der Waals surface area contributed by atoms with Gasteiger partial charge in [-0.2, -0.15) is 0 Å². The van der Waals surface area contributed by atoms with Gasteiger partial charge in [-0.1, -0.05) is 36.0 Å². The van der Waals surface area contributed by atoms with Crippen LogP contribution in [0.5, 0.6) is 5.75 Å². The lowest BCUT2D eigenvalue weighted by Gasteiger charge is -2.09. The molecule has 0 aliphatic carbocycles. The number of hydrogen-bond donors (Lipinski definition) is 2. The van der Waals surface area contributed by atoms with Gasteiger partial charge in [-0.25, -0.2) is 9.37 Å². The molecule has 6 nitrogen and oxygen atoms in total. The molecule has 0 spiro atoms. The number of hydrogen-bond acceptors (Lipinski definition) is 6. The molecular formula is C18H16FN3O3S2. The number of aromatic nitrogens is 1. The zero-order chi connectivity index (χ0) is 19.1. The van der Waals surface area contributed by atoms with Gasteiger partial charge in [-0.3, -0.25) is 20.4 Å². The number of thiazole rings is 1. The maximum Gasteiger partial charge on any atom is 0.276 e. The summed E-state index contributed by atoms with van der Waals surface area (Å²) in [7, 11) is 0. The second-order valence-corrected chi connectivity index (χ2v) is 7.73. The van der Waals surface area contributed by atoms with Gasteiger partial charge in [-0.15, -0.1) is 11.3 Å². The summed E-state index contributed by atoms with van der Waals surface area (Å²) >= 11 is 3.06. The van der Waals surface area contributed by atoms with E-state index in [2.05, 4.69) is 15.8 Å². The standard InChI is InChI=1S/C18H16FN3O3S2/c19-12-5-1-3-7-14(12)25-11-17(24)22-21-16(23)9-10-26-18-20-13-6-2-4-8-15(13)27-18/h1-8H,9-11H2,(H,21,23)(H,22,24). The minimum absolute atomic E-state index is 0.0220. The zero-order valence-electron chi connectivity index (χ0n) is 14.1. The smallest absolute Gasteiger partial charge is 0.276 e. The Bertz CT molecular complexity index is 915. The third-order valence-electron chi connectivity index (χ3n) is 3.37. The molecule has 0 fully saturated rings. The average molecular weight is 405 g/mol. The van der Waals surface area contributed by atoms with Gasteiger partial charge < -0.3 is 4.74 Å². The van der Waals surface area contributed by atoms with E-state index in [0.717, 1.165) is 14.6 Å². The molecule has 9 heteroatoms. The van der Waals surface area contributed by atoms with E-state index in [1.807, 2.05) is 24.3 Å². The summed E-state index contributed by atoms with van der Waals surface area (Å²) in [6.07, 6.45) is 0.217. The molecule has 0 atom stereocenters. The molecule has 140 valence electrons. The van der Waals surface area contributed by atoms with Crippen LogP contribution in [0.1, 0.15) is 6.42 Å². The van der Waals surface area contributed by atoms with Crippen molar-refractivity contribution in [2.45, 2.75) is 10.8 Å². The fourth-order valence-corrected chi connectivity index (χ4v) is 4.16. The number of rotatable bonds is 7. The Hall–Kier alpha value is -2.65. The first kappa shape index (κ1) is 19.1. The van der Waals surface area contributed by atoms with Crippen molar-refractivity contribution >= 4 is 45.1 Å². The molecular weight excluding hydrogens is 389 g/mol. The summed E-state index contributed by atoms with van der Waals surface area (Å²) in [5.41, 5.74) is 5.48. The molecule has 2 aromatic carbocycles. The minimum Gasteiger partial charge on any atom is -0.481 e. The quantitative estimate of drug-likeness (QED) is 0.466. The monoisotopic (exact) mass is 405 g/mol. The molecule has 2 N–H and O–H groups in total. The van der Waals surface area contributed by atoms with Crippen LogP contribution in [-0.4, -0.2) is 29.2 Å². The fraction of sp³-hybridized carbons (Fsp3) is 0.167. The first-order valence-electron chi connectivity index (χ1n) is 8.05. The Kier molecular flexibility index (Phi) is 6.61. The van der Waals surface area contributed by atoms with Crippen LogP contribution in [-0.2, 0) is 9.59 Å². The molecule has 1 aromatic heterocycles. The van der Waals surface area contributed by atoms with Crippen molar-refractivity contribution in [3.05, 3.63) is 54.3 Å². The molecule has 3 rings (SSSR count). The van der Waals surface area contributed by atoms with Crippen molar-refractivity contribution in [2.75, 3.05) is 12.4 Å². The molecule has 0 unspecified atom stereocenters. The van der Waals surface area contributed by atoms with E-state index in [1.165, 1.54) is 30.0 Å². The Balaban J connectivity index is 1.34. The number of thioether (sulfide) groups is 1. The third kappa shape index (κ3) is 5.66. The normalized spacial score (nSPS) is 10.6. The van der Waals surface area contributed by atoms with Crippen LogP contribution in [0.2, 0.25) is 0 Å². The highest BCUT2D eigenvalue weighted by molar-refractivity contribution is 8.01. The van der Waals surface area contributed by atoms with Crippen molar-refractivity contribution in [3.8, 4) is 5.75 Å². The van der Waals surface area contributed by atoms with Gasteiger partial charge in [0.15, 0.2) is 22.5 Å². The Labute approximate surface area is 163 Å². The van der Waals surface area contributed by atoms with Gasteiger partial charge in [0.1, 0.15) is 0 Å². The zero-order valence-corrected chi connectivity index (χ0v) is 15.7. The maximum atomic E-state index is 13.4. The number of nitrogens with zero attached hydrogens (tertiary/aromatic N) is 1. The highest BCUT2D eigenvalue weighted by Gasteiger charge is 2.09. The van der Waals surface area contributed by atoms with Gasteiger partial charge in [0.2, 0.25) is 5.91 Å². The molecule has 0 bridgehead atoms. The molecule has 1 heterocycles. The Morgan fingerprint density at radius 1 is 1.07 bits per heavy atom. The van der Waals surface area contributed by atoms with Gasteiger partial charge in [-0.05, 0) is 24.3 Å². The highest BCUT2D eigenvalue weighted by atomic mass is 32.2. The lowest BCUT2D eigenvalue weighted by Crippen LogP contribution is -2.43. The van der Waals surface area contributed by atoms with Crippen LogP contribution in [0.15, 0.2) is 52.9 Å². The number of carbonyl (C=O) groups is 2. The molecule has 2 amide bonds. The van der Waals surface area contributed by atoms with Crippen molar-refractivity contribution in [1.82, 2.24) is 15.8 Å². The summed E-state index contributed by atoms with van der Waals surface area (Å²) in [6.45, 7) is -0.401. The number of nitrogens with one attached hydrogen (secondary N) is 2. The number of halogens is 1. The lowest BCUT2D eigenvalue weighted by molar-refractivity contribution is -0.129. The Morgan fingerprint density at radius 2 is 1.81 bits per heavy atom. The largest absolute Gasteiger partial charge is 0.481 e. The summed E-state index contributed by atoms with van der Waals surface area (Å²) < 4.78 is 20.4. The fourth-order valence-electron chi connectivity index (χ4n) is 2.09. The van der Waals surface area contributed by atoms with Gasteiger partial charge in [0, 0.05) is 12.2 Å². The summed E-state index contributed by atoms with van der Waals surface area (Å²) in [6, 6.07) is 13.6. The summed E-state index contributed by atoms with van der Waals surface area (Å²) in [4.78, 5) is 27.9. The second-order valence-electron chi connectivity index (χ2n) is 5.36. The minimum atomic E-state index is -0.578. The molecule has 0 saturated heterocycles. The number of fused-ring (bicyclic) bond motifs is 1. The van der Waals surface area contributed by atoms with Crippen LogP contribution in [0, 0.1) is 5.82 Å². The Morgan fingerprint density at radius 3 is 2.63 bits per heavy atom. The SMILES string of the molecule is O=C(CCSc1nc2ccccc2s1)NNC(=O)COc1ccccc1F. The van der Waals surface area contributed by atoms with E-state index in [0.29, 0.717) is 5.75 Å². The molecule has 0 radical (unpaired) electrons. The maximum absolute atomic E-state index is 13.4. The van der Waals surface area contributed by atoms with E-state index in [9.17, 15) is 14.0 Å². The summed E-state index contributed by atoms with van der Waals surface area (Å²) in [5, 5.41) is 0. The van der Waals surface area contributed by atoms with E-state index < -0.39 is 18.3 Å². The van der Waals surface area contributed by atoms with E-state index in [-0.39, 0.29) is 18.1 Å². The highest BCUT2D eigenvalue weighted by Crippen LogP contribution is 2.29. The van der Waals surface area contributed by atoms with Crippen molar-refractivity contribution in [3.63, 3.8) is 0 Å². The predicted octanol–water partition coefficient (Wildman–Crippen LogP) is 3.14. The van der Waals surface area contributed by atoms with Gasteiger partial charge in [0.05, 0.1) is 10.2 Å². The van der Waals surface area contributed by atoms with Crippen LogP contribution >= 0.6 is 23.1 Å². The van der Waals surface area contributed by atoms with E-state index >= 15 is 0 Å². The second kappa shape index (κ2) is 9.33. The number of ether oxygens (including phenoxy) is 1. The first-order chi connectivity index (χ1) is 13.1. The first-order valence-corrected chi connectivity index (χ1v) is 9.85. The molecule has 0 aliphatic heterocycles. The van der Waals surface area contributed by atoms with Crippen molar-refractivity contribution < 1.29 is 18.7 Å². The number of amides is 2. The number of para-hydroxylation sites is 2.